The van der Waals surface area contributed by atoms with Gasteiger partial charge >= 0.3 is 11.9 Å². The lowest BCUT2D eigenvalue weighted by Crippen LogP contribution is -2.66. The highest BCUT2D eigenvalue weighted by Crippen LogP contribution is 2.77. The first-order chi connectivity index (χ1) is 28.2. The number of Topliss-reactive ketones (excluding diaryl/α,β-unsaturated/α-hetero) is 1. The van der Waals surface area contributed by atoms with E-state index in [1.807, 2.05) is 26.0 Å². The predicted molar refractivity (Wildman–Crippen MR) is 232 cm³/mol. The van der Waals surface area contributed by atoms with Crippen LogP contribution in [0.2, 0.25) is 0 Å². The number of amides is 1. The summed E-state index contributed by atoms with van der Waals surface area (Å²) in [6.45, 7) is 25.4. The minimum atomic E-state index is -0.826. The van der Waals surface area contributed by atoms with Crippen LogP contribution >= 0.6 is 0 Å². The number of carboxylic acids is 1. The molecule has 1 aromatic rings. The Bertz CT molecular complexity index is 1910. The van der Waals surface area contributed by atoms with Crippen LogP contribution in [0, 0.1) is 68.0 Å². The van der Waals surface area contributed by atoms with Gasteiger partial charge in [-0.15, -0.1) is 0 Å². The van der Waals surface area contributed by atoms with E-state index in [0.29, 0.717) is 48.5 Å². The van der Waals surface area contributed by atoms with Gasteiger partial charge in [0.05, 0.1) is 25.0 Å². The monoisotopic (exact) mass is 827 g/mol. The Hall–Kier alpha value is -3.04. The number of esters is 1. The number of hydrogen-bond acceptors (Lipinski definition) is 7. The zero-order valence-electron chi connectivity index (χ0n) is 38.2. The summed E-state index contributed by atoms with van der Waals surface area (Å²) in [7, 11) is 0. The predicted octanol–water partition coefficient (Wildman–Crippen LogP) is 9.28. The fourth-order valence-corrected chi connectivity index (χ4v) is 15.5. The fourth-order valence-electron chi connectivity index (χ4n) is 15.5. The van der Waals surface area contributed by atoms with Crippen LogP contribution in [0.3, 0.4) is 0 Å². The van der Waals surface area contributed by atoms with Crippen molar-refractivity contribution >= 4 is 23.6 Å². The molecule has 7 aliphatic rings. The molecule has 10 atom stereocenters. The molecule has 1 aliphatic heterocycles. The zero-order valence-corrected chi connectivity index (χ0v) is 38.2. The second-order valence-corrected chi connectivity index (χ2v) is 22.9. The van der Waals surface area contributed by atoms with Gasteiger partial charge in [-0.1, -0.05) is 80.0 Å². The Morgan fingerprint density at radius 2 is 1.55 bits per heavy atom. The number of ether oxygens (including phenoxy) is 2. The molecule has 330 valence electrons. The van der Waals surface area contributed by atoms with E-state index in [1.165, 1.54) is 11.1 Å². The molecule has 1 saturated heterocycles. The van der Waals surface area contributed by atoms with Crippen molar-refractivity contribution in [1.82, 2.24) is 10.2 Å². The van der Waals surface area contributed by atoms with E-state index >= 15 is 0 Å². The zero-order chi connectivity index (χ0) is 43.2. The van der Waals surface area contributed by atoms with Crippen LogP contribution in [0.25, 0.3) is 0 Å². The maximum atomic E-state index is 14.2. The van der Waals surface area contributed by atoms with Gasteiger partial charge in [0.25, 0.3) is 5.91 Å². The quantitative estimate of drug-likeness (QED) is 0.224. The third-order valence-corrected chi connectivity index (χ3v) is 19.2. The van der Waals surface area contributed by atoms with Crippen LogP contribution in [0.15, 0.2) is 35.4 Å². The smallest absolute Gasteiger partial charge is 0.309 e. The van der Waals surface area contributed by atoms with Crippen LogP contribution in [-0.2, 0) is 30.4 Å². The number of rotatable bonds is 10. The maximum absolute atomic E-state index is 14.2. The molecule has 5 saturated carbocycles. The molecule has 0 spiro atoms. The Morgan fingerprint density at radius 3 is 2.20 bits per heavy atom. The van der Waals surface area contributed by atoms with Crippen LogP contribution < -0.4 is 5.32 Å². The van der Waals surface area contributed by atoms with Gasteiger partial charge in [-0.2, -0.15) is 0 Å². The van der Waals surface area contributed by atoms with Gasteiger partial charge in [0.1, 0.15) is 6.10 Å². The van der Waals surface area contributed by atoms with Crippen molar-refractivity contribution in [2.24, 2.45) is 68.0 Å². The molecule has 9 nitrogen and oxygen atoms in total. The average Bonchev–Trinajstić information content (AvgIpc) is 3.48. The summed E-state index contributed by atoms with van der Waals surface area (Å²) in [5.41, 5.74) is 3.64. The molecule has 60 heavy (non-hydrogen) atoms. The molecular formula is C51H74N2O7. The Balaban J connectivity index is 0.973. The van der Waals surface area contributed by atoms with Crippen molar-refractivity contribution in [1.29, 1.82) is 0 Å². The standard InChI is InChI=1S/C51H74N2O7/c1-31(2)41-37(54)29-51(22-23-52-43(55)33-12-10-32(11-13-33)30-53-24-26-59-27-25-53)21-20-49(8)34(42(41)51)14-15-39-48(7)18-17-40(47(5,6)38(48)16-19-50(39,49)9)60-45(58)36-28-35(44(56)57)46(36,3)4/h10-13,31,34-36,38-40H,14-30H2,1-9H3,(H,52,55)(H,56,57)/t34-,35+,36-,38+,39-,40+,48+,49-,50-,51-/m1/s1. The molecule has 6 fully saturated rings. The van der Waals surface area contributed by atoms with Crippen LogP contribution in [0.1, 0.15) is 149 Å². The number of carboxylic acid groups (broad SMARTS) is 1. The number of ketones is 1. The van der Waals surface area contributed by atoms with Gasteiger partial charge in [-0.3, -0.25) is 24.1 Å². The van der Waals surface area contributed by atoms with Gasteiger partial charge < -0.3 is 19.9 Å². The Morgan fingerprint density at radius 1 is 0.850 bits per heavy atom. The molecule has 2 N–H and O–H groups in total. The maximum Gasteiger partial charge on any atom is 0.309 e. The van der Waals surface area contributed by atoms with E-state index in [-0.39, 0.29) is 56.9 Å². The fraction of sp³-hybridized carbons (Fsp3) is 0.765. The molecule has 0 aromatic heterocycles. The highest BCUT2D eigenvalue weighted by molar-refractivity contribution is 6.00. The molecule has 9 heteroatoms. The lowest BCUT2D eigenvalue weighted by molar-refractivity contribution is -0.236. The van der Waals surface area contributed by atoms with E-state index < -0.39 is 17.3 Å². The minimum absolute atomic E-state index is 0.0453. The van der Waals surface area contributed by atoms with Gasteiger partial charge in [-0.05, 0) is 133 Å². The SMILES string of the molecule is CC(C)C1=C2[C@H]3CC[C@@H]4[C@@]5(C)CC[C@H](OC(=O)[C@H]6C[C@@H](C(=O)O)C6(C)C)C(C)(C)[C@@H]5CC[C@@]4(C)[C@]3(C)CC[C@@]2(CCNC(=O)c2ccc(CN3CCOCC3)cc2)CC1=O. The Kier molecular flexibility index (Phi) is 11.2. The highest BCUT2D eigenvalue weighted by atomic mass is 16.5. The number of allylic oxidation sites excluding steroid dienone is 2. The van der Waals surface area contributed by atoms with Crippen molar-refractivity contribution in [3.63, 3.8) is 0 Å². The molecule has 1 heterocycles. The lowest BCUT2D eigenvalue weighted by Gasteiger charge is -2.72. The van der Waals surface area contributed by atoms with Crippen molar-refractivity contribution < 1.29 is 33.8 Å². The summed E-state index contributed by atoms with van der Waals surface area (Å²) in [5.74, 6) is -0.210. The molecule has 0 unspecified atom stereocenters. The normalized spacial score (nSPS) is 39.5. The first-order valence-electron chi connectivity index (χ1n) is 23.6. The van der Waals surface area contributed by atoms with Crippen molar-refractivity contribution in [3.05, 3.63) is 46.5 Å². The second kappa shape index (κ2) is 15.3. The molecule has 8 rings (SSSR count). The molecular weight excluding hydrogens is 753 g/mol. The van der Waals surface area contributed by atoms with Crippen molar-refractivity contribution in [3.8, 4) is 0 Å². The molecule has 1 aromatic carbocycles. The number of aliphatic carboxylic acids is 1. The average molecular weight is 827 g/mol. The summed E-state index contributed by atoms with van der Waals surface area (Å²) in [4.78, 5) is 55.5. The van der Waals surface area contributed by atoms with Gasteiger partial charge in [-0.25, -0.2) is 0 Å². The van der Waals surface area contributed by atoms with E-state index in [2.05, 4.69) is 70.8 Å². The van der Waals surface area contributed by atoms with E-state index in [4.69, 9.17) is 9.47 Å². The minimum Gasteiger partial charge on any atom is -0.481 e. The molecule has 0 radical (unpaired) electrons. The van der Waals surface area contributed by atoms with Crippen molar-refractivity contribution in [2.45, 2.75) is 146 Å². The summed E-state index contributed by atoms with van der Waals surface area (Å²) >= 11 is 0. The second-order valence-electron chi connectivity index (χ2n) is 22.9. The van der Waals surface area contributed by atoms with E-state index in [0.717, 1.165) is 96.2 Å². The number of nitrogens with one attached hydrogen (secondary N) is 1. The Labute approximate surface area is 359 Å². The van der Waals surface area contributed by atoms with Gasteiger partial charge in [0.15, 0.2) is 5.78 Å². The third kappa shape index (κ3) is 6.75. The van der Waals surface area contributed by atoms with E-state index in [1.54, 1.807) is 0 Å². The number of carbonyl (C=O) groups excluding carboxylic acids is 3. The van der Waals surface area contributed by atoms with Crippen molar-refractivity contribution in [2.75, 3.05) is 32.8 Å². The first kappa shape index (κ1) is 43.6. The summed E-state index contributed by atoms with van der Waals surface area (Å²) in [6, 6.07) is 8.02. The highest BCUT2D eigenvalue weighted by Gasteiger charge is 2.70. The van der Waals surface area contributed by atoms with E-state index in [9.17, 15) is 24.3 Å². The van der Waals surface area contributed by atoms with Crippen LogP contribution in [0.5, 0.6) is 0 Å². The van der Waals surface area contributed by atoms with Gasteiger partial charge in [0.2, 0.25) is 0 Å². The third-order valence-electron chi connectivity index (χ3n) is 19.2. The summed E-state index contributed by atoms with van der Waals surface area (Å²) < 4.78 is 11.9. The lowest BCUT2D eigenvalue weighted by atomic mass is 9.33. The topological polar surface area (TPSA) is 122 Å². The molecule has 1 amide bonds. The first-order valence-corrected chi connectivity index (χ1v) is 23.6. The van der Waals surface area contributed by atoms with Crippen LogP contribution in [0.4, 0.5) is 0 Å². The summed E-state index contributed by atoms with van der Waals surface area (Å²) in [6.07, 6.45) is 9.88. The number of nitrogens with zero attached hydrogens (tertiary/aromatic N) is 1. The number of benzene rings is 1. The largest absolute Gasteiger partial charge is 0.481 e. The van der Waals surface area contributed by atoms with Crippen LogP contribution in [-0.4, -0.2) is 72.6 Å². The number of morpholine rings is 1. The number of hydrogen-bond donors (Lipinski definition) is 2. The molecule has 0 bridgehead atoms. The number of fused-ring (bicyclic) bond motifs is 7. The molecule has 6 aliphatic carbocycles. The number of carbonyl (C=O) groups is 4. The van der Waals surface area contributed by atoms with Gasteiger partial charge in [0, 0.05) is 49.0 Å². The summed E-state index contributed by atoms with van der Waals surface area (Å²) in [5, 5.41) is 13.0.